The largest absolute Gasteiger partial charge is 0.453 e. The van der Waals surface area contributed by atoms with Crippen molar-refractivity contribution in [1.82, 2.24) is 0 Å². The van der Waals surface area contributed by atoms with Crippen molar-refractivity contribution in [3.8, 4) is 11.5 Å². The monoisotopic (exact) mass is 230 g/mol. The van der Waals surface area contributed by atoms with E-state index in [2.05, 4.69) is 0 Å². The molecule has 0 bridgehead atoms. The van der Waals surface area contributed by atoms with E-state index < -0.39 is 0 Å². The van der Waals surface area contributed by atoms with Crippen molar-refractivity contribution in [3.63, 3.8) is 0 Å². The number of benzene rings is 2. The second-order valence-corrected chi connectivity index (χ2v) is 3.70. The molecule has 0 amide bonds. The molecule has 2 aromatic rings. The molecule has 17 heavy (non-hydrogen) atoms. The van der Waals surface area contributed by atoms with Crippen LogP contribution in [0.15, 0.2) is 36.4 Å². The van der Waals surface area contributed by atoms with Gasteiger partial charge in [-0.2, -0.15) is 0 Å². The highest BCUT2D eigenvalue weighted by Crippen LogP contribution is 2.33. The van der Waals surface area contributed by atoms with Crippen LogP contribution in [0, 0.1) is 0 Å². The molecule has 0 aromatic heterocycles. The summed E-state index contributed by atoms with van der Waals surface area (Å²) in [5.74, 6) is 0.921. The first-order chi connectivity index (χ1) is 8.06. The zero-order valence-corrected chi connectivity index (χ0v) is 9.18. The molecule has 2 rings (SSSR count). The Morgan fingerprint density at radius 1 is 0.647 bits per heavy atom. The highest BCUT2D eigenvalue weighted by Gasteiger charge is 2.06. The number of ether oxygens (including phenoxy) is 1. The quantitative estimate of drug-likeness (QED) is 0.587. The highest BCUT2D eigenvalue weighted by molar-refractivity contribution is 5.65. The zero-order valence-electron chi connectivity index (χ0n) is 9.18. The Hall–Kier alpha value is -2.56. The number of hydrogen-bond donors (Lipinski definition) is 4. The molecule has 0 atom stereocenters. The van der Waals surface area contributed by atoms with E-state index in [1.807, 2.05) is 0 Å². The van der Waals surface area contributed by atoms with E-state index in [0.717, 1.165) is 0 Å². The molecule has 0 heterocycles. The van der Waals surface area contributed by atoms with Crippen molar-refractivity contribution in [2.75, 3.05) is 22.9 Å². The topological polar surface area (TPSA) is 113 Å². The van der Waals surface area contributed by atoms with Crippen LogP contribution in [0.3, 0.4) is 0 Å². The summed E-state index contributed by atoms with van der Waals surface area (Å²) in [6.45, 7) is 0. The number of anilines is 4. The van der Waals surface area contributed by atoms with Crippen LogP contribution in [-0.2, 0) is 0 Å². The summed E-state index contributed by atoms with van der Waals surface area (Å²) < 4.78 is 5.59. The van der Waals surface area contributed by atoms with Crippen LogP contribution in [0.4, 0.5) is 22.7 Å². The predicted molar refractivity (Wildman–Crippen MR) is 70.6 cm³/mol. The molecule has 0 fully saturated rings. The minimum Gasteiger partial charge on any atom is -0.453 e. The van der Waals surface area contributed by atoms with Gasteiger partial charge in [-0.1, -0.05) is 0 Å². The number of nitrogens with two attached hydrogens (primary N) is 4. The van der Waals surface area contributed by atoms with Gasteiger partial charge in [0.05, 0.1) is 11.4 Å². The zero-order chi connectivity index (χ0) is 12.4. The lowest BCUT2D eigenvalue weighted by atomic mass is 10.2. The first-order valence-corrected chi connectivity index (χ1v) is 5.04. The minimum absolute atomic E-state index is 0.460. The maximum Gasteiger partial charge on any atom is 0.152 e. The molecule has 0 unspecified atom stereocenters. The molecule has 5 nitrogen and oxygen atoms in total. The van der Waals surface area contributed by atoms with Crippen molar-refractivity contribution < 1.29 is 4.74 Å². The average molecular weight is 230 g/mol. The van der Waals surface area contributed by atoms with Crippen molar-refractivity contribution in [1.29, 1.82) is 0 Å². The molecule has 88 valence electrons. The van der Waals surface area contributed by atoms with E-state index in [0.29, 0.717) is 34.2 Å². The van der Waals surface area contributed by atoms with E-state index in [-0.39, 0.29) is 0 Å². The lowest BCUT2D eigenvalue weighted by Crippen LogP contribution is -1.97. The third-order valence-electron chi connectivity index (χ3n) is 2.30. The van der Waals surface area contributed by atoms with Gasteiger partial charge in [-0.15, -0.1) is 0 Å². The van der Waals surface area contributed by atoms with Gasteiger partial charge in [0.15, 0.2) is 11.5 Å². The number of nitrogen functional groups attached to an aromatic ring is 4. The second kappa shape index (κ2) is 4.13. The molecule has 0 saturated heterocycles. The Labute approximate surface area is 99.0 Å². The van der Waals surface area contributed by atoms with E-state index in [9.17, 15) is 0 Å². The van der Waals surface area contributed by atoms with Gasteiger partial charge < -0.3 is 27.7 Å². The van der Waals surface area contributed by atoms with Crippen LogP contribution < -0.4 is 27.7 Å². The average Bonchev–Trinajstić information content (AvgIpc) is 2.28. The molecule has 0 aliphatic rings. The molecule has 0 radical (unpaired) electrons. The third kappa shape index (κ3) is 2.34. The first kappa shape index (κ1) is 10.9. The fraction of sp³-hybridized carbons (Fsp3) is 0. The van der Waals surface area contributed by atoms with Crippen molar-refractivity contribution in [3.05, 3.63) is 36.4 Å². The van der Waals surface area contributed by atoms with Gasteiger partial charge in [0.2, 0.25) is 0 Å². The Morgan fingerprint density at radius 3 is 1.47 bits per heavy atom. The molecule has 0 aliphatic carbocycles. The predicted octanol–water partition coefficient (Wildman–Crippen LogP) is 1.81. The molecule has 0 saturated carbocycles. The van der Waals surface area contributed by atoms with Crippen LogP contribution >= 0.6 is 0 Å². The Bertz CT molecular complexity index is 505. The van der Waals surface area contributed by atoms with Crippen LogP contribution in [0.2, 0.25) is 0 Å². The van der Waals surface area contributed by atoms with Crippen molar-refractivity contribution >= 4 is 22.7 Å². The van der Waals surface area contributed by atoms with Gasteiger partial charge in [-0.3, -0.25) is 0 Å². The molecule has 2 aromatic carbocycles. The summed E-state index contributed by atoms with van der Waals surface area (Å²) in [6.07, 6.45) is 0. The normalized spacial score (nSPS) is 10.1. The number of hydrogen-bond acceptors (Lipinski definition) is 5. The summed E-state index contributed by atoms with van der Waals surface area (Å²) >= 11 is 0. The SMILES string of the molecule is Nc1ccc(N)c(Oc2cc(N)ccc2N)c1. The molecule has 0 aliphatic heterocycles. The van der Waals surface area contributed by atoms with Crippen LogP contribution in [0.5, 0.6) is 11.5 Å². The fourth-order valence-corrected chi connectivity index (χ4v) is 1.40. The third-order valence-corrected chi connectivity index (χ3v) is 2.30. The van der Waals surface area contributed by atoms with E-state index in [4.69, 9.17) is 27.7 Å². The van der Waals surface area contributed by atoms with E-state index >= 15 is 0 Å². The second-order valence-electron chi connectivity index (χ2n) is 3.70. The van der Waals surface area contributed by atoms with Gasteiger partial charge in [0.25, 0.3) is 0 Å². The Morgan fingerprint density at radius 2 is 1.06 bits per heavy atom. The van der Waals surface area contributed by atoms with E-state index in [1.54, 1.807) is 36.4 Å². The van der Waals surface area contributed by atoms with Gasteiger partial charge in [-0.25, -0.2) is 0 Å². The van der Waals surface area contributed by atoms with Crippen LogP contribution in [0.25, 0.3) is 0 Å². The van der Waals surface area contributed by atoms with Gasteiger partial charge >= 0.3 is 0 Å². The van der Waals surface area contributed by atoms with Gasteiger partial charge in [-0.05, 0) is 24.3 Å². The smallest absolute Gasteiger partial charge is 0.152 e. The van der Waals surface area contributed by atoms with Crippen LogP contribution in [0.1, 0.15) is 0 Å². The summed E-state index contributed by atoms with van der Waals surface area (Å²) in [6, 6.07) is 10.0. The lowest BCUT2D eigenvalue weighted by molar-refractivity contribution is 0.488. The molecule has 0 spiro atoms. The van der Waals surface area contributed by atoms with Gasteiger partial charge in [0.1, 0.15) is 0 Å². The van der Waals surface area contributed by atoms with Crippen molar-refractivity contribution in [2.45, 2.75) is 0 Å². The number of rotatable bonds is 2. The van der Waals surface area contributed by atoms with E-state index in [1.165, 1.54) is 0 Å². The molecular weight excluding hydrogens is 216 g/mol. The first-order valence-electron chi connectivity index (χ1n) is 5.04. The fourth-order valence-electron chi connectivity index (χ4n) is 1.40. The maximum atomic E-state index is 5.77. The summed E-state index contributed by atoms with van der Waals surface area (Å²) in [4.78, 5) is 0. The van der Waals surface area contributed by atoms with Crippen molar-refractivity contribution in [2.24, 2.45) is 0 Å². The highest BCUT2D eigenvalue weighted by atomic mass is 16.5. The molecule has 5 heteroatoms. The summed E-state index contributed by atoms with van der Waals surface area (Å²) in [7, 11) is 0. The Balaban J connectivity index is 2.37. The standard InChI is InChI=1S/C12H14N4O/c13-7-1-3-9(15)11(5-7)17-12-6-8(14)2-4-10(12)16/h1-6H,13-16H2. The minimum atomic E-state index is 0.460. The molecular formula is C12H14N4O. The summed E-state index contributed by atoms with van der Waals surface area (Å²) in [5.41, 5.74) is 25.0. The Kier molecular flexibility index (Phi) is 2.66. The molecule has 8 N–H and O–H groups in total. The van der Waals surface area contributed by atoms with Gasteiger partial charge in [0, 0.05) is 23.5 Å². The lowest BCUT2D eigenvalue weighted by Gasteiger charge is -2.11. The maximum absolute atomic E-state index is 5.77. The summed E-state index contributed by atoms with van der Waals surface area (Å²) in [5, 5.41) is 0. The van der Waals surface area contributed by atoms with Crippen LogP contribution in [-0.4, -0.2) is 0 Å².